The van der Waals surface area contributed by atoms with E-state index in [4.69, 9.17) is 4.55 Å². The van der Waals surface area contributed by atoms with Gasteiger partial charge in [0.25, 0.3) is 10.1 Å². The predicted molar refractivity (Wildman–Crippen MR) is 147 cm³/mol. The quantitative estimate of drug-likeness (QED) is 0.298. The fourth-order valence-corrected chi connectivity index (χ4v) is 6.77. The third-order valence-electron chi connectivity index (χ3n) is 6.50. The number of nitrogens with one attached hydrogen (secondary N) is 1. The molecular weight excluding hydrogens is 583 g/mol. The van der Waals surface area contributed by atoms with Crippen LogP contribution >= 0.6 is 0 Å². The van der Waals surface area contributed by atoms with Crippen LogP contribution in [-0.4, -0.2) is 49.0 Å². The Morgan fingerprint density at radius 1 is 1.02 bits per heavy atom. The van der Waals surface area contributed by atoms with Crippen molar-refractivity contribution in [1.29, 1.82) is 0 Å². The number of alkyl halides is 3. The summed E-state index contributed by atoms with van der Waals surface area (Å²) in [5.41, 5.74) is 0.197. The van der Waals surface area contributed by atoms with E-state index in [-0.39, 0.29) is 19.4 Å². The van der Waals surface area contributed by atoms with Gasteiger partial charge in [-0.3, -0.25) is 14.3 Å². The molecular formula is C27H30F3N3O6S2. The van der Waals surface area contributed by atoms with Crippen molar-refractivity contribution in [1.82, 2.24) is 14.6 Å². The fourth-order valence-electron chi connectivity index (χ4n) is 4.40. The Kier molecular flexibility index (Phi) is 9.63. The first kappa shape index (κ1) is 32.2. The number of carbonyl (C=O) groups is 1. The van der Waals surface area contributed by atoms with Crippen LogP contribution in [0.2, 0.25) is 0 Å². The molecule has 0 fully saturated rings. The van der Waals surface area contributed by atoms with Crippen LogP contribution in [0.15, 0.2) is 71.9 Å². The molecule has 41 heavy (non-hydrogen) atoms. The highest BCUT2D eigenvalue weighted by Crippen LogP contribution is 2.40. The SMILES string of the molecule is Cc1cnccc1-c1cccc(C(C)(C)N(CCCC(=O)NCS(=O)(=O)O)S(=O)(=O)c2ccccc2C(F)(F)F)c1. The average molecular weight is 614 g/mol. The number of aromatic nitrogens is 1. The monoisotopic (exact) mass is 613 g/mol. The molecule has 0 aliphatic rings. The lowest BCUT2D eigenvalue weighted by Gasteiger charge is -2.38. The van der Waals surface area contributed by atoms with E-state index in [0.29, 0.717) is 11.6 Å². The van der Waals surface area contributed by atoms with Gasteiger partial charge < -0.3 is 5.32 Å². The highest BCUT2D eigenvalue weighted by atomic mass is 32.2. The summed E-state index contributed by atoms with van der Waals surface area (Å²) < 4.78 is 101. The van der Waals surface area contributed by atoms with Crippen molar-refractivity contribution in [2.45, 2.75) is 50.2 Å². The Hall–Kier alpha value is -3.33. The smallest absolute Gasteiger partial charge is 0.340 e. The molecule has 9 nitrogen and oxygen atoms in total. The zero-order valence-electron chi connectivity index (χ0n) is 22.5. The Bertz CT molecular complexity index is 1620. The van der Waals surface area contributed by atoms with E-state index in [1.807, 2.05) is 18.3 Å². The minimum atomic E-state index is -4.95. The third kappa shape index (κ3) is 7.91. The van der Waals surface area contributed by atoms with Gasteiger partial charge in [0, 0.05) is 25.4 Å². The molecule has 1 heterocycles. The van der Waals surface area contributed by atoms with Gasteiger partial charge in [-0.2, -0.15) is 25.9 Å². The summed E-state index contributed by atoms with van der Waals surface area (Å²) in [7, 11) is -9.28. The lowest BCUT2D eigenvalue weighted by Crippen LogP contribution is -2.46. The lowest BCUT2D eigenvalue weighted by atomic mass is 9.90. The molecule has 0 unspecified atom stereocenters. The van der Waals surface area contributed by atoms with E-state index in [0.717, 1.165) is 33.1 Å². The second kappa shape index (κ2) is 12.3. The second-order valence-corrected chi connectivity index (χ2v) is 13.1. The molecule has 0 saturated heterocycles. The van der Waals surface area contributed by atoms with Crippen LogP contribution in [0.25, 0.3) is 11.1 Å². The van der Waals surface area contributed by atoms with Gasteiger partial charge in [0.2, 0.25) is 15.9 Å². The molecule has 1 aromatic heterocycles. The molecule has 0 aliphatic carbocycles. The molecule has 3 rings (SSSR count). The minimum Gasteiger partial charge on any atom is -0.340 e. The molecule has 0 atom stereocenters. The molecule has 0 spiro atoms. The number of sulfonamides is 1. The maximum atomic E-state index is 14.0. The number of nitrogens with zero attached hydrogens (tertiary/aromatic N) is 2. The molecule has 2 N–H and O–H groups in total. The highest BCUT2D eigenvalue weighted by Gasteiger charge is 2.43. The first-order valence-electron chi connectivity index (χ1n) is 12.4. The van der Waals surface area contributed by atoms with E-state index in [1.54, 1.807) is 50.5 Å². The van der Waals surface area contributed by atoms with E-state index >= 15 is 0 Å². The number of pyridine rings is 1. The minimum absolute atomic E-state index is 0.155. The van der Waals surface area contributed by atoms with Crippen LogP contribution < -0.4 is 5.32 Å². The van der Waals surface area contributed by atoms with Crippen molar-refractivity contribution in [3.63, 3.8) is 0 Å². The van der Waals surface area contributed by atoms with Crippen LogP contribution in [0.3, 0.4) is 0 Å². The Morgan fingerprint density at radius 2 is 1.71 bits per heavy atom. The normalized spacial score (nSPS) is 12.9. The van der Waals surface area contributed by atoms with Crippen LogP contribution in [0.5, 0.6) is 0 Å². The third-order valence-corrected chi connectivity index (χ3v) is 9.14. The summed E-state index contributed by atoms with van der Waals surface area (Å²) in [5.74, 6) is -1.82. The van der Waals surface area contributed by atoms with Crippen molar-refractivity contribution < 1.29 is 39.4 Å². The van der Waals surface area contributed by atoms with E-state index in [2.05, 4.69) is 4.98 Å². The van der Waals surface area contributed by atoms with E-state index in [1.165, 1.54) is 6.07 Å². The largest absolute Gasteiger partial charge is 0.417 e. The molecule has 0 bridgehead atoms. The van der Waals surface area contributed by atoms with Crippen LogP contribution in [0.4, 0.5) is 13.2 Å². The predicted octanol–water partition coefficient (Wildman–Crippen LogP) is 4.74. The number of halogens is 3. The van der Waals surface area contributed by atoms with E-state index < -0.39 is 54.1 Å². The maximum Gasteiger partial charge on any atom is 0.417 e. The Morgan fingerprint density at radius 3 is 2.34 bits per heavy atom. The zero-order valence-corrected chi connectivity index (χ0v) is 24.1. The number of hydrogen-bond donors (Lipinski definition) is 2. The maximum absolute atomic E-state index is 14.0. The first-order chi connectivity index (χ1) is 18.9. The van der Waals surface area contributed by atoms with Gasteiger partial charge >= 0.3 is 6.18 Å². The Balaban J connectivity index is 2.06. The van der Waals surface area contributed by atoms with Crippen molar-refractivity contribution in [2.75, 3.05) is 12.4 Å². The van der Waals surface area contributed by atoms with Crippen LogP contribution in [-0.2, 0) is 36.7 Å². The summed E-state index contributed by atoms with van der Waals surface area (Å²) in [6, 6.07) is 12.6. The van der Waals surface area contributed by atoms with Crippen molar-refractivity contribution in [3.05, 3.63) is 83.7 Å². The van der Waals surface area contributed by atoms with E-state index in [9.17, 15) is 34.8 Å². The van der Waals surface area contributed by atoms with Gasteiger partial charge in [0.05, 0.1) is 16.0 Å². The highest BCUT2D eigenvalue weighted by molar-refractivity contribution is 7.89. The van der Waals surface area contributed by atoms with Gasteiger partial charge in [-0.05, 0) is 73.7 Å². The lowest BCUT2D eigenvalue weighted by molar-refractivity contribution is -0.140. The molecule has 0 radical (unpaired) electrons. The topological polar surface area (TPSA) is 134 Å². The molecule has 3 aromatic rings. The van der Waals surface area contributed by atoms with Gasteiger partial charge in [-0.1, -0.05) is 30.3 Å². The van der Waals surface area contributed by atoms with Crippen molar-refractivity contribution in [3.8, 4) is 11.1 Å². The molecule has 14 heteroatoms. The van der Waals surface area contributed by atoms with Crippen LogP contribution in [0, 0.1) is 6.92 Å². The van der Waals surface area contributed by atoms with Crippen LogP contribution in [0.1, 0.15) is 43.4 Å². The standard InChI is InChI=1S/C27H30F3N3O6S2/c1-19-17-31-14-13-22(19)20-8-6-9-21(16-20)26(2,3)33(15-7-12-25(34)32-18-40(35,36)37)41(38,39)24-11-5-4-10-23(24)27(28,29)30/h4-6,8-11,13-14,16-17H,7,12,15,18H2,1-3H3,(H,32,34)(H,35,36,37). The summed E-state index contributed by atoms with van der Waals surface area (Å²) in [5, 5.41) is 2.00. The first-order valence-corrected chi connectivity index (χ1v) is 15.4. The number of rotatable bonds is 11. The number of aryl methyl sites for hydroxylation is 1. The number of carbonyl (C=O) groups excluding carboxylic acids is 1. The molecule has 1 amide bonds. The average Bonchev–Trinajstić information content (AvgIpc) is 2.89. The summed E-state index contributed by atoms with van der Waals surface area (Å²) in [6.07, 6.45) is -2.18. The van der Waals surface area contributed by atoms with Gasteiger partial charge in [-0.15, -0.1) is 0 Å². The van der Waals surface area contributed by atoms with Crippen molar-refractivity contribution >= 4 is 26.0 Å². The fraction of sp³-hybridized carbons (Fsp3) is 0.333. The molecule has 2 aromatic carbocycles. The van der Waals surface area contributed by atoms with Gasteiger partial charge in [0.1, 0.15) is 5.88 Å². The molecule has 222 valence electrons. The molecule has 0 saturated carbocycles. The number of hydrogen-bond acceptors (Lipinski definition) is 6. The molecule has 0 aliphatic heterocycles. The Labute approximate surface area is 237 Å². The van der Waals surface area contributed by atoms with Gasteiger partial charge in [-0.25, -0.2) is 8.42 Å². The summed E-state index contributed by atoms with van der Waals surface area (Å²) in [4.78, 5) is 15.3. The zero-order chi connectivity index (χ0) is 30.6. The summed E-state index contributed by atoms with van der Waals surface area (Å²) >= 11 is 0. The number of benzene rings is 2. The second-order valence-electron chi connectivity index (χ2n) is 9.83. The van der Waals surface area contributed by atoms with Crippen molar-refractivity contribution in [2.24, 2.45) is 0 Å². The number of amides is 1. The van der Waals surface area contributed by atoms with Gasteiger partial charge in [0.15, 0.2) is 0 Å². The summed E-state index contributed by atoms with van der Waals surface area (Å²) in [6.45, 7) is 4.59.